The summed E-state index contributed by atoms with van der Waals surface area (Å²) >= 11 is 0. The highest BCUT2D eigenvalue weighted by Crippen LogP contribution is 2.28. The van der Waals surface area contributed by atoms with Crippen LogP contribution in [0.15, 0.2) is 0 Å². The lowest BCUT2D eigenvalue weighted by atomic mass is 10.0. The van der Waals surface area contributed by atoms with Crippen molar-refractivity contribution in [3.05, 3.63) is 0 Å². The fraction of sp³-hybridized carbons (Fsp3) is 0.946. The van der Waals surface area contributed by atoms with Gasteiger partial charge in [0.15, 0.2) is 5.72 Å². The minimum atomic E-state index is -1.79. The first-order valence-corrected chi connectivity index (χ1v) is 18.6. The molecule has 0 spiro atoms. The first kappa shape index (κ1) is 41.9. The van der Waals surface area contributed by atoms with Gasteiger partial charge in [-0.25, -0.2) is 0 Å². The largest absolute Gasteiger partial charge is 0.418 e. The molecule has 0 rings (SSSR count). The topological polar surface area (TPSA) is 84.9 Å². The molecule has 1 unspecified atom stereocenters. The van der Waals surface area contributed by atoms with Crippen LogP contribution in [0.2, 0.25) is 0 Å². The van der Waals surface area contributed by atoms with Crippen LogP contribution in [0.25, 0.3) is 0 Å². The number of carbonyl (C=O) groups is 2. The van der Waals surface area contributed by atoms with E-state index in [1.54, 1.807) is 7.05 Å². The van der Waals surface area contributed by atoms with Crippen LogP contribution in [0, 0.1) is 0 Å². The number of ether oxygens (including phenoxy) is 2. The quantitative estimate of drug-likeness (QED) is 0.0447. The van der Waals surface area contributed by atoms with Crippen LogP contribution in [0.3, 0.4) is 0 Å². The van der Waals surface area contributed by atoms with Crippen LogP contribution in [-0.2, 0) is 19.1 Å². The molecule has 0 amide bonds. The molecule has 0 aliphatic heterocycles. The summed E-state index contributed by atoms with van der Waals surface area (Å²) in [6, 6.07) is 0. The smallest absolute Gasteiger partial charge is 0.309 e. The highest BCUT2D eigenvalue weighted by molar-refractivity contribution is 5.72. The Morgan fingerprint density at radius 3 is 0.953 bits per heavy atom. The Kier molecular flexibility index (Phi) is 27.6. The van der Waals surface area contributed by atoms with E-state index in [2.05, 4.69) is 19.2 Å². The van der Waals surface area contributed by atoms with E-state index in [1.807, 2.05) is 0 Å². The average molecular weight is 612 g/mol. The van der Waals surface area contributed by atoms with E-state index in [-0.39, 0.29) is 12.8 Å². The Hall–Kier alpha value is -1.14. The zero-order chi connectivity index (χ0) is 32.1. The van der Waals surface area contributed by atoms with Crippen molar-refractivity contribution < 1.29 is 24.2 Å². The van der Waals surface area contributed by atoms with Gasteiger partial charge in [0, 0.05) is 19.8 Å². The Morgan fingerprint density at radius 1 is 0.488 bits per heavy atom. The molecule has 0 bridgehead atoms. The molecule has 0 aromatic carbocycles. The molecule has 6 heteroatoms. The van der Waals surface area contributed by atoms with Crippen LogP contribution >= 0.6 is 0 Å². The van der Waals surface area contributed by atoms with E-state index in [4.69, 9.17) is 9.47 Å². The Morgan fingerprint density at radius 2 is 0.721 bits per heavy atom. The van der Waals surface area contributed by atoms with Crippen molar-refractivity contribution >= 4 is 11.9 Å². The molecule has 1 atom stereocenters. The third kappa shape index (κ3) is 23.9. The molecule has 0 radical (unpaired) electrons. The van der Waals surface area contributed by atoms with Crippen molar-refractivity contribution in [2.24, 2.45) is 0 Å². The van der Waals surface area contributed by atoms with Crippen LogP contribution in [0.5, 0.6) is 0 Å². The molecule has 0 saturated carbocycles. The lowest BCUT2D eigenvalue weighted by Crippen LogP contribution is -2.62. The SMILES string of the molecule is CCCCCCCCCCCCCCCC(=O)OC(C)(OC(=O)CCCCCCCCCCCCCCC)C(C)(O)NC. The predicted molar refractivity (Wildman–Crippen MR) is 181 cm³/mol. The van der Waals surface area contributed by atoms with E-state index >= 15 is 0 Å². The summed E-state index contributed by atoms with van der Waals surface area (Å²) < 4.78 is 11.2. The average Bonchev–Trinajstić information content (AvgIpc) is 2.97. The second-order valence-corrected chi connectivity index (χ2v) is 13.2. The molecule has 0 aromatic heterocycles. The Bertz CT molecular complexity index is 607. The van der Waals surface area contributed by atoms with E-state index < -0.39 is 23.5 Å². The monoisotopic (exact) mass is 612 g/mol. The number of hydrogen-bond donors (Lipinski definition) is 2. The van der Waals surface area contributed by atoms with Gasteiger partial charge >= 0.3 is 11.9 Å². The van der Waals surface area contributed by atoms with Crippen molar-refractivity contribution in [2.75, 3.05) is 7.05 Å². The molecule has 6 nitrogen and oxygen atoms in total. The summed E-state index contributed by atoms with van der Waals surface area (Å²) in [6.45, 7) is 7.44. The first-order valence-electron chi connectivity index (χ1n) is 18.6. The Labute approximate surface area is 267 Å². The summed E-state index contributed by atoms with van der Waals surface area (Å²) in [6.07, 6.45) is 32.7. The number of unbranched alkanes of at least 4 members (excludes halogenated alkanes) is 24. The summed E-state index contributed by atoms with van der Waals surface area (Å²) in [5.74, 6) is -2.69. The highest BCUT2D eigenvalue weighted by atomic mass is 16.7. The van der Waals surface area contributed by atoms with Crippen molar-refractivity contribution in [3.63, 3.8) is 0 Å². The molecule has 256 valence electrons. The van der Waals surface area contributed by atoms with Crippen molar-refractivity contribution in [1.29, 1.82) is 0 Å². The van der Waals surface area contributed by atoms with Gasteiger partial charge in [0.05, 0.1) is 0 Å². The zero-order valence-corrected chi connectivity index (χ0v) is 29.4. The van der Waals surface area contributed by atoms with Gasteiger partial charge in [-0.15, -0.1) is 0 Å². The van der Waals surface area contributed by atoms with Gasteiger partial charge in [-0.1, -0.05) is 168 Å². The Balaban J connectivity index is 4.08. The predicted octanol–water partition coefficient (Wildman–Crippen LogP) is 10.7. The maximum atomic E-state index is 12.6. The highest BCUT2D eigenvalue weighted by Gasteiger charge is 2.49. The molecule has 0 saturated heterocycles. The zero-order valence-electron chi connectivity index (χ0n) is 29.4. The number of nitrogens with one attached hydrogen (secondary N) is 1. The molecule has 0 aliphatic rings. The summed E-state index contributed by atoms with van der Waals surface area (Å²) in [5, 5.41) is 13.6. The molecular weight excluding hydrogens is 538 g/mol. The van der Waals surface area contributed by atoms with Crippen LogP contribution in [-0.4, -0.2) is 35.6 Å². The number of hydrogen-bond acceptors (Lipinski definition) is 6. The maximum Gasteiger partial charge on any atom is 0.309 e. The molecule has 0 fully saturated rings. The minimum absolute atomic E-state index is 0.254. The molecule has 2 N–H and O–H groups in total. The molecule has 43 heavy (non-hydrogen) atoms. The van der Waals surface area contributed by atoms with E-state index in [1.165, 1.54) is 142 Å². The second-order valence-electron chi connectivity index (χ2n) is 13.2. The second kappa shape index (κ2) is 28.3. The van der Waals surface area contributed by atoms with Crippen molar-refractivity contribution in [1.82, 2.24) is 5.32 Å². The lowest BCUT2D eigenvalue weighted by molar-refractivity contribution is -0.288. The number of rotatable bonds is 32. The van der Waals surface area contributed by atoms with Crippen molar-refractivity contribution in [3.8, 4) is 0 Å². The van der Waals surface area contributed by atoms with Gasteiger partial charge in [0.1, 0.15) is 0 Å². The molecule has 0 heterocycles. The maximum absolute atomic E-state index is 12.6. The molecule has 0 aliphatic carbocycles. The third-order valence-electron chi connectivity index (χ3n) is 8.96. The van der Waals surface area contributed by atoms with Gasteiger partial charge in [0.25, 0.3) is 5.79 Å². The molecular formula is C37H73NO5. The summed E-state index contributed by atoms with van der Waals surface area (Å²) in [7, 11) is 1.55. The fourth-order valence-corrected chi connectivity index (χ4v) is 5.56. The molecule has 0 aromatic rings. The fourth-order valence-electron chi connectivity index (χ4n) is 5.56. The van der Waals surface area contributed by atoms with Crippen LogP contribution < -0.4 is 5.32 Å². The number of aliphatic hydroxyl groups is 1. The van der Waals surface area contributed by atoms with Crippen LogP contribution in [0.1, 0.15) is 207 Å². The van der Waals surface area contributed by atoms with Crippen molar-refractivity contribution in [2.45, 2.75) is 219 Å². The van der Waals surface area contributed by atoms with Gasteiger partial charge in [-0.05, 0) is 26.8 Å². The van der Waals surface area contributed by atoms with Gasteiger partial charge in [-0.3, -0.25) is 14.9 Å². The number of likely N-dealkylation sites (N-methyl/N-ethyl adjacent to an activating group) is 1. The third-order valence-corrected chi connectivity index (χ3v) is 8.96. The normalized spacial score (nSPS) is 13.2. The number of esters is 2. The summed E-state index contributed by atoms with van der Waals surface area (Å²) in [4.78, 5) is 25.3. The van der Waals surface area contributed by atoms with E-state index in [9.17, 15) is 14.7 Å². The van der Waals surface area contributed by atoms with Crippen LogP contribution in [0.4, 0.5) is 0 Å². The van der Waals surface area contributed by atoms with E-state index in [0.717, 1.165) is 38.5 Å². The standard InChI is InChI=1S/C37H73NO5/c1-6-8-10-12-14-16-18-20-22-24-26-28-30-32-34(39)42-37(4,36(3,41)38-5)43-35(40)33-31-29-27-25-23-21-19-17-15-13-11-9-7-2/h38,41H,6-33H2,1-5H3. The minimum Gasteiger partial charge on any atom is -0.418 e. The van der Waals surface area contributed by atoms with Gasteiger partial charge < -0.3 is 14.6 Å². The first-order chi connectivity index (χ1) is 20.7. The van der Waals surface area contributed by atoms with Gasteiger partial charge in [-0.2, -0.15) is 0 Å². The number of carbonyl (C=O) groups excluding carboxylic acids is 2. The lowest BCUT2D eigenvalue weighted by Gasteiger charge is -2.40. The van der Waals surface area contributed by atoms with E-state index in [0.29, 0.717) is 0 Å². The summed E-state index contributed by atoms with van der Waals surface area (Å²) in [5.41, 5.74) is -1.70. The van der Waals surface area contributed by atoms with Gasteiger partial charge in [0.2, 0.25) is 0 Å².